The molecule has 0 amide bonds. The Labute approximate surface area is 205 Å². The van der Waals surface area contributed by atoms with E-state index in [4.69, 9.17) is 14.5 Å². The summed E-state index contributed by atoms with van der Waals surface area (Å²) in [5, 5.41) is 7.02. The number of halogens is 1. The van der Waals surface area contributed by atoms with Crippen LogP contribution >= 0.6 is 24.0 Å². The lowest BCUT2D eigenvalue weighted by molar-refractivity contribution is 0.0220. The standard InChI is InChI=1S/C23H39N5O2.HI/c1-4-24-23(25-17-19(2)27-13-15-30-16-14-27)26-18-22(28-11-5-6-12-28)20-7-9-21(29-3)10-8-20;/h7-10,19,22H,4-6,11-18H2,1-3H3,(H2,24,25,26);1H. The summed E-state index contributed by atoms with van der Waals surface area (Å²) < 4.78 is 10.8. The van der Waals surface area contributed by atoms with Gasteiger partial charge in [-0.15, -0.1) is 24.0 Å². The van der Waals surface area contributed by atoms with Crippen molar-refractivity contribution in [3.05, 3.63) is 29.8 Å². The van der Waals surface area contributed by atoms with E-state index in [1.54, 1.807) is 7.11 Å². The Bertz CT molecular complexity index is 646. The molecule has 0 aliphatic carbocycles. The van der Waals surface area contributed by atoms with Crippen molar-refractivity contribution in [1.29, 1.82) is 0 Å². The second-order valence-corrected chi connectivity index (χ2v) is 8.13. The highest BCUT2D eigenvalue weighted by Gasteiger charge is 2.24. The van der Waals surface area contributed by atoms with Gasteiger partial charge in [-0.3, -0.25) is 14.8 Å². The first-order valence-electron chi connectivity index (χ1n) is 11.4. The van der Waals surface area contributed by atoms with E-state index in [1.807, 2.05) is 0 Å². The van der Waals surface area contributed by atoms with Gasteiger partial charge in [-0.05, 0) is 57.5 Å². The number of ether oxygens (including phenoxy) is 2. The fourth-order valence-electron chi connectivity index (χ4n) is 4.23. The number of benzene rings is 1. The molecule has 2 saturated heterocycles. The highest BCUT2D eigenvalue weighted by Crippen LogP contribution is 2.26. The smallest absolute Gasteiger partial charge is 0.191 e. The maximum absolute atomic E-state index is 5.47. The van der Waals surface area contributed by atoms with E-state index in [0.29, 0.717) is 12.1 Å². The lowest BCUT2D eigenvalue weighted by Crippen LogP contribution is -2.45. The van der Waals surface area contributed by atoms with Crippen LogP contribution in [-0.2, 0) is 4.74 Å². The number of nitrogens with zero attached hydrogens (tertiary/aromatic N) is 3. The lowest BCUT2D eigenvalue weighted by atomic mass is 10.1. The van der Waals surface area contributed by atoms with Crippen molar-refractivity contribution in [3.63, 3.8) is 0 Å². The third-order valence-corrected chi connectivity index (χ3v) is 6.07. The van der Waals surface area contributed by atoms with E-state index >= 15 is 0 Å². The van der Waals surface area contributed by atoms with Gasteiger partial charge in [0.05, 0.1) is 32.9 Å². The van der Waals surface area contributed by atoms with Crippen molar-refractivity contribution in [1.82, 2.24) is 20.4 Å². The molecule has 176 valence electrons. The van der Waals surface area contributed by atoms with Gasteiger partial charge in [0, 0.05) is 32.2 Å². The van der Waals surface area contributed by atoms with Gasteiger partial charge in [-0.1, -0.05) is 12.1 Å². The Morgan fingerprint density at radius 3 is 2.35 bits per heavy atom. The van der Waals surface area contributed by atoms with Crippen LogP contribution in [0, 0.1) is 0 Å². The molecule has 2 N–H and O–H groups in total. The molecule has 2 unspecified atom stereocenters. The maximum Gasteiger partial charge on any atom is 0.191 e. The Balaban J connectivity index is 0.00000341. The molecular weight excluding hydrogens is 505 g/mol. The molecule has 0 aromatic heterocycles. The normalized spacial score (nSPS) is 20.0. The molecule has 3 rings (SSSR count). The number of likely N-dealkylation sites (tertiary alicyclic amines) is 1. The fraction of sp³-hybridized carbons (Fsp3) is 0.696. The van der Waals surface area contributed by atoms with Crippen LogP contribution in [0.4, 0.5) is 0 Å². The summed E-state index contributed by atoms with van der Waals surface area (Å²) in [6, 6.07) is 9.24. The summed E-state index contributed by atoms with van der Waals surface area (Å²) in [4.78, 5) is 9.92. The number of morpholine rings is 1. The van der Waals surface area contributed by atoms with Gasteiger partial charge in [0.25, 0.3) is 0 Å². The number of aliphatic imine (C=N–C) groups is 1. The van der Waals surface area contributed by atoms with Crippen LogP contribution in [-0.4, -0.2) is 87.9 Å². The fourth-order valence-corrected chi connectivity index (χ4v) is 4.23. The second kappa shape index (κ2) is 14.1. The molecule has 7 nitrogen and oxygen atoms in total. The third-order valence-electron chi connectivity index (χ3n) is 6.07. The van der Waals surface area contributed by atoms with E-state index in [9.17, 15) is 0 Å². The van der Waals surface area contributed by atoms with Gasteiger partial charge in [0.1, 0.15) is 5.75 Å². The minimum atomic E-state index is 0. The Kier molecular flexibility index (Phi) is 11.9. The summed E-state index contributed by atoms with van der Waals surface area (Å²) in [5.41, 5.74) is 1.32. The zero-order chi connectivity index (χ0) is 21.2. The van der Waals surface area contributed by atoms with Crippen LogP contribution in [0.1, 0.15) is 38.3 Å². The second-order valence-electron chi connectivity index (χ2n) is 8.13. The molecule has 2 aliphatic rings. The zero-order valence-corrected chi connectivity index (χ0v) is 21.6. The van der Waals surface area contributed by atoms with E-state index in [0.717, 1.165) is 70.7 Å². The summed E-state index contributed by atoms with van der Waals surface area (Å²) in [6.07, 6.45) is 2.55. The number of hydrogen-bond acceptors (Lipinski definition) is 5. The van der Waals surface area contributed by atoms with Gasteiger partial charge < -0.3 is 20.1 Å². The minimum Gasteiger partial charge on any atom is -0.497 e. The van der Waals surface area contributed by atoms with Crippen LogP contribution in [0.2, 0.25) is 0 Å². The summed E-state index contributed by atoms with van der Waals surface area (Å²) >= 11 is 0. The molecule has 0 radical (unpaired) electrons. The van der Waals surface area contributed by atoms with Gasteiger partial charge >= 0.3 is 0 Å². The maximum atomic E-state index is 5.47. The van der Waals surface area contributed by atoms with Crippen molar-refractivity contribution < 1.29 is 9.47 Å². The molecule has 1 aromatic carbocycles. The Hall–Kier alpha value is -1.10. The summed E-state index contributed by atoms with van der Waals surface area (Å²) in [7, 11) is 1.71. The molecule has 2 heterocycles. The first-order valence-corrected chi connectivity index (χ1v) is 11.4. The first-order chi connectivity index (χ1) is 14.7. The van der Waals surface area contributed by atoms with E-state index < -0.39 is 0 Å². The average Bonchev–Trinajstić information content (AvgIpc) is 3.33. The van der Waals surface area contributed by atoms with E-state index in [1.165, 1.54) is 18.4 Å². The number of nitrogens with one attached hydrogen (secondary N) is 2. The molecule has 2 fully saturated rings. The van der Waals surface area contributed by atoms with Gasteiger partial charge in [-0.25, -0.2) is 0 Å². The molecule has 2 aliphatic heterocycles. The Morgan fingerprint density at radius 2 is 1.74 bits per heavy atom. The van der Waals surface area contributed by atoms with E-state index in [-0.39, 0.29) is 24.0 Å². The molecule has 1 aromatic rings. The van der Waals surface area contributed by atoms with Crippen molar-refractivity contribution in [2.24, 2.45) is 4.99 Å². The highest BCUT2D eigenvalue weighted by molar-refractivity contribution is 14.0. The topological polar surface area (TPSA) is 61.4 Å². The van der Waals surface area contributed by atoms with Crippen molar-refractivity contribution in [2.45, 2.75) is 38.8 Å². The quantitative estimate of drug-likeness (QED) is 0.283. The van der Waals surface area contributed by atoms with Crippen molar-refractivity contribution >= 4 is 29.9 Å². The summed E-state index contributed by atoms with van der Waals surface area (Å²) in [5.74, 6) is 1.80. The molecule has 2 atom stereocenters. The van der Waals surface area contributed by atoms with Crippen LogP contribution in [0.15, 0.2) is 29.3 Å². The van der Waals surface area contributed by atoms with Gasteiger partial charge in [-0.2, -0.15) is 0 Å². The molecule has 0 saturated carbocycles. The van der Waals surface area contributed by atoms with Crippen molar-refractivity contribution in [3.8, 4) is 5.75 Å². The first kappa shape index (κ1) is 26.2. The van der Waals surface area contributed by atoms with E-state index in [2.05, 4.69) is 58.5 Å². The van der Waals surface area contributed by atoms with Crippen LogP contribution < -0.4 is 15.4 Å². The summed E-state index contributed by atoms with van der Waals surface area (Å²) in [6.45, 7) is 12.8. The number of guanidine groups is 1. The monoisotopic (exact) mass is 545 g/mol. The number of hydrogen-bond donors (Lipinski definition) is 2. The Morgan fingerprint density at radius 1 is 1.06 bits per heavy atom. The van der Waals surface area contributed by atoms with Crippen LogP contribution in [0.25, 0.3) is 0 Å². The molecular formula is C23H40IN5O2. The largest absolute Gasteiger partial charge is 0.497 e. The van der Waals surface area contributed by atoms with Crippen LogP contribution in [0.3, 0.4) is 0 Å². The van der Waals surface area contributed by atoms with Crippen molar-refractivity contribution in [2.75, 3.05) is 66.1 Å². The highest BCUT2D eigenvalue weighted by atomic mass is 127. The van der Waals surface area contributed by atoms with Gasteiger partial charge in [0.15, 0.2) is 5.96 Å². The molecule has 31 heavy (non-hydrogen) atoms. The molecule has 0 spiro atoms. The SMILES string of the molecule is CCNC(=NCC(C)N1CCOCC1)NCC(c1ccc(OC)cc1)N1CCCC1.I. The zero-order valence-electron chi connectivity index (χ0n) is 19.3. The number of rotatable bonds is 9. The molecule has 0 bridgehead atoms. The van der Waals surface area contributed by atoms with Crippen LogP contribution in [0.5, 0.6) is 5.75 Å². The predicted molar refractivity (Wildman–Crippen MR) is 138 cm³/mol. The van der Waals surface area contributed by atoms with Gasteiger partial charge in [0.2, 0.25) is 0 Å². The number of methoxy groups -OCH3 is 1. The average molecular weight is 546 g/mol. The molecule has 8 heteroatoms. The predicted octanol–water partition coefficient (Wildman–Crippen LogP) is 2.73. The third kappa shape index (κ3) is 8.07. The lowest BCUT2D eigenvalue weighted by Gasteiger charge is -2.31. The minimum absolute atomic E-state index is 0.